The molecule has 0 aromatic carbocycles. The Bertz CT molecular complexity index is 2480. The van der Waals surface area contributed by atoms with Crippen molar-refractivity contribution in [2.75, 3.05) is 39.6 Å². The van der Waals surface area contributed by atoms with E-state index in [1.54, 1.807) is 0 Å². The monoisotopic (exact) mass is 1530 g/mol. The van der Waals surface area contributed by atoms with Gasteiger partial charge in [-0.1, -0.05) is 284 Å². The van der Waals surface area contributed by atoms with E-state index in [4.69, 9.17) is 37.0 Å². The predicted molar refractivity (Wildman–Crippen MR) is 436 cm³/mol. The molecule has 3 N–H and O–H groups in total. The normalized spacial score (nSPS) is 14.4. The third-order valence-electron chi connectivity index (χ3n) is 17.4. The van der Waals surface area contributed by atoms with Crippen molar-refractivity contribution < 1.29 is 80.2 Å². The Morgan fingerprint density at radius 2 is 0.491 bits per heavy atom. The Morgan fingerprint density at radius 3 is 0.802 bits per heavy atom. The molecule has 0 spiro atoms. The van der Waals surface area contributed by atoms with Crippen LogP contribution >= 0.6 is 15.6 Å². The van der Waals surface area contributed by atoms with Crippen LogP contribution in [0.5, 0.6) is 0 Å². The first-order chi connectivity index (χ1) is 51.7. The number of phosphoric ester groups is 2. The minimum absolute atomic E-state index is 0.0757. The van der Waals surface area contributed by atoms with Gasteiger partial charge < -0.3 is 33.8 Å². The van der Waals surface area contributed by atoms with E-state index in [0.717, 1.165) is 186 Å². The predicted octanol–water partition coefficient (Wildman–Crippen LogP) is 24.7. The summed E-state index contributed by atoms with van der Waals surface area (Å²) in [6.45, 7) is 4.68. The van der Waals surface area contributed by atoms with Gasteiger partial charge in [-0.2, -0.15) is 0 Å². The van der Waals surface area contributed by atoms with Crippen molar-refractivity contribution in [3.05, 3.63) is 122 Å². The molecule has 610 valence electrons. The molecule has 19 heteroatoms. The molecule has 0 amide bonds. The molecule has 0 fully saturated rings. The van der Waals surface area contributed by atoms with E-state index in [0.29, 0.717) is 25.7 Å². The van der Waals surface area contributed by atoms with Gasteiger partial charge in [0.1, 0.15) is 19.3 Å². The topological polar surface area (TPSA) is 237 Å². The Kier molecular flexibility index (Phi) is 75.2. The molecule has 0 saturated heterocycles. The zero-order chi connectivity index (χ0) is 77.4. The molecule has 0 heterocycles. The summed E-state index contributed by atoms with van der Waals surface area (Å²) < 4.78 is 68.7. The summed E-state index contributed by atoms with van der Waals surface area (Å²) in [5, 5.41) is 10.7. The molecular weight excluding hydrogens is 1380 g/mol. The summed E-state index contributed by atoms with van der Waals surface area (Å²) in [5.41, 5.74) is 0. The fourth-order valence-corrected chi connectivity index (χ4v) is 12.6. The number of aliphatic hydroxyl groups excluding tert-OH is 1. The van der Waals surface area contributed by atoms with Crippen molar-refractivity contribution in [3.63, 3.8) is 0 Å². The molecule has 106 heavy (non-hydrogen) atoms. The number of unbranched alkanes of at least 4 members (excludes halogenated alkanes) is 32. The van der Waals surface area contributed by atoms with Crippen LogP contribution in [-0.4, -0.2) is 96.7 Å². The molecule has 5 atom stereocenters. The highest BCUT2D eigenvalue weighted by Gasteiger charge is 2.30. The number of carbonyl (C=O) groups is 4. The highest BCUT2D eigenvalue weighted by molar-refractivity contribution is 7.47. The summed E-state index contributed by atoms with van der Waals surface area (Å²) in [5.74, 6) is -2.23. The molecule has 0 bridgehead atoms. The fourth-order valence-electron chi connectivity index (χ4n) is 11.0. The van der Waals surface area contributed by atoms with Crippen LogP contribution in [0.25, 0.3) is 0 Å². The Balaban J connectivity index is 5.39. The van der Waals surface area contributed by atoms with Crippen LogP contribution < -0.4 is 0 Å². The minimum atomic E-state index is -4.99. The molecule has 0 aliphatic heterocycles. The lowest BCUT2D eigenvalue weighted by atomic mass is 10.1. The third-order valence-corrected chi connectivity index (χ3v) is 19.3. The van der Waals surface area contributed by atoms with E-state index >= 15 is 0 Å². The number of phosphoric acid groups is 2. The van der Waals surface area contributed by atoms with Crippen LogP contribution in [0.3, 0.4) is 0 Å². The van der Waals surface area contributed by atoms with Gasteiger partial charge in [-0.25, -0.2) is 9.13 Å². The third kappa shape index (κ3) is 77.6. The fraction of sp³-hybridized carbons (Fsp3) is 0.724. The lowest BCUT2D eigenvalue weighted by molar-refractivity contribution is -0.161. The van der Waals surface area contributed by atoms with E-state index in [2.05, 4.69) is 149 Å². The van der Waals surface area contributed by atoms with Gasteiger partial charge in [-0.3, -0.25) is 37.3 Å². The smallest absolute Gasteiger partial charge is 0.462 e. The van der Waals surface area contributed by atoms with Crippen LogP contribution in [0.2, 0.25) is 0 Å². The van der Waals surface area contributed by atoms with Crippen molar-refractivity contribution in [3.8, 4) is 0 Å². The standard InChI is InChI=1S/C87H150O17P2/c1-5-9-13-17-21-25-29-33-36-38-40-42-45-48-51-55-59-63-67-71-84(89)97-77-82(103-86(91)73-69-65-61-57-53-47-32-28-24-20-16-12-8-4)79-101-105(93,94)99-75-81(88)76-100-106(95,96)102-80-83(104-87(92)74-70-66-62-58-54-50-44-35-31-27-23-19-15-11-7-3)78-98-85(90)72-68-64-60-56-52-49-46-43-41-39-37-34-30-26-22-18-14-10-6-2/h10,14,21-22,25-26,28,32-37,40-44,49,52,81-83,88H,5-9,11-13,15-20,23-24,27,29-31,38-39,45-48,50-51,53-80H2,1-4H3,(H,93,94)(H,95,96)/b14-10-,25-21-,26-22-,32-28-,36-33-,37-34-,42-40-,43-41-,44-35-,52-49-. The number of hydrogen-bond acceptors (Lipinski definition) is 15. The maximum Gasteiger partial charge on any atom is 0.472 e. The number of carbonyl (C=O) groups excluding carboxylic acids is 4. The lowest BCUT2D eigenvalue weighted by Gasteiger charge is -2.21. The summed E-state index contributed by atoms with van der Waals surface area (Å²) in [6.07, 6.45) is 87.3. The summed E-state index contributed by atoms with van der Waals surface area (Å²) in [7, 11) is -9.98. The molecule has 0 radical (unpaired) electrons. The van der Waals surface area contributed by atoms with Crippen molar-refractivity contribution >= 4 is 39.5 Å². The molecule has 0 aliphatic carbocycles. The van der Waals surface area contributed by atoms with Crippen molar-refractivity contribution in [1.82, 2.24) is 0 Å². The highest BCUT2D eigenvalue weighted by atomic mass is 31.2. The second-order valence-electron chi connectivity index (χ2n) is 27.7. The van der Waals surface area contributed by atoms with Crippen molar-refractivity contribution in [1.29, 1.82) is 0 Å². The number of hydrogen-bond donors (Lipinski definition) is 3. The van der Waals surface area contributed by atoms with Crippen molar-refractivity contribution in [2.24, 2.45) is 0 Å². The summed E-state index contributed by atoms with van der Waals surface area (Å²) in [4.78, 5) is 73.1. The van der Waals surface area contributed by atoms with Gasteiger partial charge in [0.15, 0.2) is 12.2 Å². The molecule has 5 unspecified atom stereocenters. The van der Waals surface area contributed by atoms with Gasteiger partial charge in [0, 0.05) is 25.7 Å². The van der Waals surface area contributed by atoms with Crippen LogP contribution in [0.1, 0.15) is 349 Å². The average molecular weight is 1530 g/mol. The van der Waals surface area contributed by atoms with E-state index in [-0.39, 0.29) is 25.7 Å². The van der Waals surface area contributed by atoms with Crippen LogP contribution in [-0.2, 0) is 65.4 Å². The first kappa shape index (κ1) is 101. The first-order valence-electron chi connectivity index (χ1n) is 41.8. The summed E-state index contributed by atoms with van der Waals surface area (Å²) >= 11 is 0. The van der Waals surface area contributed by atoms with E-state index < -0.39 is 97.5 Å². The van der Waals surface area contributed by atoms with Gasteiger partial charge in [0.25, 0.3) is 0 Å². The number of ether oxygens (including phenoxy) is 4. The first-order valence-corrected chi connectivity index (χ1v) is 44.8. The quantitative estimate of drug-likeness (QED) is 0.0169. The maximum absolute atomic E-state index is 13.1. The van der Waals surface area contributed by atoms with Crippen LogP contribution in [0.15, 0.2) is 122 Å². The maximum atomic E-state index is 13.1. The van der Waals surface area contributed by atoms with E-state index in [9.17, 15) is 43.2 Å². The molecular formula is C87H150O17P2. The van der Waals surface area contributed by atoms with Gasteiger partial charge in [0.2, 0.25) is 0 Å². The molecule has 0 saturated carbocycles. The van der Waals surface area contributed by atoms with Gasteiger partial charge >= 0.3 is 39.5 Å². The van der Waals surface area contributed by atoms with Gasteiger partial charge in [-0.15, -0.1) is 0 Å². The SMILES string of the molecule is CC/C=C\C/C=C\C/C=C\C/C=C\C/C=C\CCCCCC(=O)OCC(COP(=O)(O)OCC(O)COP(=O)(O)OCC(COC(=O)CCCCCCCC/C=C\C/C=C\C/C=C\CCCCC)OC(=O)CCCCCCC/C=C\CCCCCC)OC(=O)CCCCCCC/C=C\CCCCCCCC. The van der Waals surface area contributed by atoms with Crippen molar-refractivity contribution in [2.45, 2.75) is 367 Å². The van der Waals surface area contributed by atoms with Crippen LogP contribution in [0, 0.1) is 0 Å². The van der Waals surface area contributed by atoms with E-state index in [1.807, 2.05) is 0 Å². The zero-order valence-corrected chi connectivity index (χ0v) is 68.6. The minimum Gasteiger partial charge on any atom is -0.462 e. The molecule has 17 nitrogen and oxygen atoms in total. The Labute approximate surface area is 644 Å². The number of rotatable bonds is 78. The summed E-state index contributed by atoms with van der Waals surface area (Å²) in [6, 6.07) is 0. The molecule has 0 aromatic heterocycles. The van der Waals surface area contributed by atoms with E-state index in [1.165, 1.54) is 83.5 Å². The molecule has 0 aliphatic rings. The average Bonchev–Trinajstić information content (AvgIpc) is 0.933. The highest BCUT2D eigenvalue weighted by Crippen LogP contribution is 2.45. The largest absolute Gasteiger partial charge is 0.472 e. The zero-order valence-electron chi connectivity index (χ0n) is 66.8. The lowest BCUT2D eigenvalue weighted by Crippen LogP contribution is -2.30. The van der Waals surface area contributed by atoms with Gasteiger partial charge in [-0.05, 0) is 161 Å². The molecule has 0 aromatic rings. The van der Waals surface area contributed by atoms with Crippen LogP contribution in [0.4, 0.5) is 0 Å². The second kappa shape index (κ2) is 78.6. The Morgan fingerprint density at radius 1 is 0.274 bits per heavy atom. The van der Waals surface area contributed by atoms with Gasteiger partial charge in [0.05, 0.1) is 26.4 Å². The number of allylic oxidation sites excluding steroid dienone is 20. The number of aliphatic hydroxyl groups is 1. The second-order valence-corrected chi connectivity index (χ2v) is 30.6. The molecule has 0 rings (SSSR count). The number of esters is 4. The Hall–Kier alpha value is -4.54.